The van der Waals surface area contributed by atoms with E-state index < -0.39 is 6.10 Å². The first kappa shape index (κ1) is 17.1. The van der Waals surface area contributed by atoms with E-state index >= 15 is 0 Å². The fourth-order valence-corrected chi connectivity index (χ4v) is 3.18. The van der Waals surface area contributed by atoms with Crippen molar-refractivity contribution in [1.29, 1.82) is 0 Å². The van der Waals surface area contributed by atoms with Crippen LogP contribution in [0.15, 0.2) is 18.3 Å². The summed E-state index contributed by atoms with van der Waals surface area (Å²) in [6, 6.07) is 3.84. The number of carbonyl (C=O) groups excluding carboxylic acids is 1. The summed E-state index contributed by atoms with van der Waals surface area (Å²) in [5.41, 5.74) is 0. The van der Waals surface area contributed by atoms with Crippen molar-refractivity contribution in [2.75, 3.05) is 44.3 Å². The van der Waals surface area contributed by atoms with E-state index in [-0.39, 0.29) is 12.0 Å². The summed E-state index contributed by atoms with van der Waals surface area (Å²) < 4.78 is 11.3. The Balaban J connectivity index is 1.48. The van der Waals surface area contributed by atoms with Crippen molar-refractivity contribution in [3.05, 3.63) is 18.3 Å². The lowest BCUT2D eigenvalue weighted by molar-refractivity contribution is -0.144. The van der Waals surface area contributed by atoms with Crippen LogP contribution < -0.4 is 4.90 Å². The second-order valence-electron chi connectivity index (χ2n) is 6.36. The van der Waals surface area contributed by atoms with E-state index in [0.29, 0.717) is 13.2 Å². The Kier molecular flexibility index (Phi) is 5.98. The van der Waals surface area contributed by atoms with Crippen LogP contribution in [0, 0.1) is 0 Å². The normalized spacial score (nSPS) is 23.1. The van der Waals surface area contributed by atoms with Crippen LogP contribution in [0.25, 0.3) is 0 Å². The number of rotatable bonds is 5. The molecule has 7 nitrogen and oxygen atoms in total. The van der Waals surface area contributed by atoms with Crippen LogP contribution in [0.1, 0.15) is 26.2 Å². The Bertz CT molecular complexity index is 522. The molecule has 0 aliphatic carbocycles. The van der Waals surface area contributed by atoms with Gasteiger partial charge in [-0.2, -0.15) is 5.10 Å². The number of hydrogen-bond donors (Lipinski definition) is 0. The Labute approximate surface area is 142 Å². The first-order chi connectivity index (χ1) is 11.7. The highest BCUT2D eigenvalue weighted by atomic mass is 16.5. The summed E-state index contributed by atoms with van der Waals surface area (Å²) >= 11 is 0. The Hall–Kier alpha value is -1.73. The van der Waals surface area contributed by atoms with E-state index in [2.05, 4.69) is 15.1 Å². The highest BCUT2D eigenvalue weighted by Gasteiger charge is 2.25. The number of amides is 1. The lowest BCUT2D eigenvalue weighted by Gasteiger charge is -2.25. The van der Waals surface area contributed by atoms with E-state index in [1.165, 1.54) is 0 Å². The van der Waals surface area contributed by atoms with E-state index in [1.54, 1.807) is 6.20 Å². The van der Waals surface area contributed by atoms with Gasteiger partial charge in [-0.05, 0) is 38.3 Å². The quantitative estimate of drug-likeness (QED) is 0.803. The fraction of sp³-hybridized carbons (Fsp3) is 0.706. The van der Waals surface area contributed by atoms with Crippen LogP contribution in [0.4, 0.5) is 5.82 Å². The molecule has 0 radical (unpaired) electrons. The van der Waals surface area contributed by atoms with Gasteiger partial charge < -0.3 is 19.3 Å². The van der Waals surface area contributed by atoms with Gasteiger partial charge in [0.25, 0.3) is 5.91 Å². The molecule has 1 aromatic heterocycles. The minimum absolute atomic E-state index is 0.0639. The van der Waals surface area contributed by atoms with Gasteiger partial charge in [0.15, 0.2) is 5.82 Å². The smallest absolute Gasteiger partial charge is 0.251 e. The number of anilines is 1. The largest absolute Gasteiger partial charge is 0.376 e. The number of hydrogen-bond acceptors (Lipinski definition) is 6. The SMILES string of the molecule is C[C@H](OC[C@@H]1CCCO1)C(=O)N1CCCN(c2cccnn2)CC1. The van der Waals surface area contributed by atoms with Gasteiger partial charge >= 0.3 is 0 Å². The van der Waals surface area contributed by atoms with Crippen molar-refractivity contribution in [1.82, 2.24) is 15.1 Å². The van der Waals surface area contributed by atoms with Crippen LogP contribution >= 0.6 is 0 Å². The average Bonchev–Trinajstić information content (AvgIpc) is 3.02. The molecule has 0 N–H and O–H groups in total. The third kappa shape index (κ3) is 4.42. The molecule has 2 fully saturated rings. The van der Waals surface area contributed by atoms with Crippen molar-refractivity contribution >= 4 is 11.7 Å². The zero-order valence-corrected chi connectivity index (χ0v) is 14.3. The highest BCUT2D eigenvalue weighted by Crippen LogP contribution is 2.15. The van der Waals surface area contributed by atoms with Crippen LogP contribution in [0.2, 0.25) is 0 Å². The second-order valence-corrected chi connectivity index (χ2v) is 6.36. The van der Waals surface area contributed by atoms with E-state index in [9.17, 15) is 4.79 Å². The van der Waals surface area contributed by atoms with E-state index in [1.807, 2.05) is 24.0 Å². The molecule has 24 heavy (non-hydrogen) atoms. The maximum absolute atomic E-state index is 12.6. The van der Waals surface area contributed by atoms with Gasteiger partial charge in [-0.15, -0.1) is 5.10 Å². The minimum Gasteiger partial charge on any atom is -0.376 e. The Morgan fingerprint density at radius 3 is 3.04 bits per heavy atom. The van der Waals surface area contributed by atoms with Crippen LogP contribution in [0.5, 0.6) is 0 Å². The molecule has 132 valence electrons. The summed E-state index contributed by atoms with van der Waals surface area (Å²) in [7, 11) is 0. The maximum atomic E-state index is 12.6. The van der Waals surface area contributed by atoms with Crippen molar-refractivity contribution in [2.24, 2.45) is 0 Å². The van der Waals surface area contributed by atoms with Crippen molar-refractivity contribution in [3.8, 4) is 0 Å². The molecule has 0 spiro atoms. The maximum Gasteiger partial charge on any atom is 0.251 e. The van der Waals surface area contributed by atoms with Crippen molar-refractivity contribution in [3.63, 3.8) is 0 Å². The van der Waals surface area contributed by atoms with E-state index in [0.717, 1.165) is 51.3 Å². The predicted molar refractivity (Wildman–Crippen MR) is 89.8 cm³/mol. The highest BCUT2D eigenvalue weighted by molar-refractivity contribution is 5.80. The van der Waals surface area contributed by atoms with Gasteiger partial charge in [0.1, 0.15) is 6.10 Å². The predicted octanol–water partition coefficient (Wildman–Crippen LogP) is 1.10. The van der Waals surface area contributed by atoms with Gasteiger partial charge in [-0.3, -0.25) is 4.79 Å². The fourth-order valence-electron chi connectivity index (χ4n) is 3.18. The molecule has 1 aromatic rings. The van der Waals surface area contributed by atoms with Crippen molar-refractivity contribution < 1.29 is 14.3 Å². The molecular weight excluding hydrogens is 308 g/mol. The molecule has 0 saturated carbocycles. The third-order valence-electron chi connectivity index (χ3n) is 4.59. The first-order valence-electron chi connectivity index (χ1n) is 8.78. The van der Waals surface area contributed by atoms with Gasteiger partial charge in [0.05, 0.1) is 12.7 Å². The lowest BCUT2D eigenvalue weighted by atomic mass is 10.2. The summed E-state index contributed by atoms with van der Waals surface area (Å²) in [5, 5.41) is 8.09. The molecule has 2 atom stereocenters. The summed E-state index contributed by atoms with van der Waals surface area (Å²) in [6.07, 6.45) is 4.43. The van der Waals surface area contributed by atoms with Gasteiger partial charge in [0.2, 0.25) is 0 Å². The van der Waals surface area contributed by atoms with E-state index in [4.69, 9.17) is 9.47 Å². The van der Waals surface area contributed by atoms with Gasteiger partial charge in [-0.25, -0.2) is 0 Å². The van der Waals surface area contributed by atoms with Crippen molar-refractivity contribution in [2.45, 2.75) is 38.4 Å². The van der Waals surface area contributed by atoms with Crippen LogP contribution in [-0.2, 0) is 14.3 Å². The summed E-state index contributed by atoms with van der Waals surface area (Å²) in [4.78, 5) is 16.7. The molecule has 0 bridgehead atoms. The number of nitrogens with zero attached hydrogens (tertiary/aromatic N) is 4. The number of aromatic nitrogens is 2. The molecule has 3 heterocycles. The van der Waals surface area contributed by atoms with Crippen LogP contribution in [-0.4, -0.2) is 72.6 Å². The molecule has 7 heteroatoms. The Morgan fingerprint density at radius 2 is 2.29 bits per heavy atom. The standard InChI is InChI=1S/C17H26N4O3/c1-14(24-13-15-5-3-12-23-15)17(22)21-9-4-8-20(10-11-21)16-6-2-7-18-19-16/h2,6-7,14-15H,3-5,8-13H2,1H3/t14-,15-/m0/s1. The topological polar surface area (TPSA) is 67.8 Å². The molecular formula is C17H26N4O3. The average molecular weight is 334 g/mol. The molecule has 1 amide bonds. The monoisotopic (exact) mass is 334 g/mol. The van der Waals surface area contributed by atoms with Crippen LogP contribution in [0.3, 0.4) is 0 Å². The summed E-state index contributed by atoms with van der Waals surface area (Å²) in [5.74, 6) is 0.934. The lowest BCUT2D eigenvalue weighted by Crippen LogP contribution is -2.42. The molecule has 3 rings (SSSR count). The third-order valence-corrected chi connectivity index (χ3v) is 4.59. The molecule has 2 aliphatic heterocycles. The molecule has 0 unspecified atom stereocenters. The van der Waals surface area contributed by atoms with Gasteiger partial charge in [0, 0.05) is 39.0 Å². The minimum atomic E-state index is -0.419. The molecule has 2 aliphatic rings. The van der Waals surface area contributed by atoms with Gasteiger partial charge in [-0.1, -0.05) is 0 Å². The zero-order valence-electron chi connectivity index (χ0n) is 14.3. The number of ether oxygens (including phenoxy) is 2. The zero-order chi connectivity index (χ0) is 16.8. The second kappa shape index (κ2) is 8.39. The molecule has 0 aromatic carbocycles. The summed E-state index contributed by atoms with van der Waals surface area (Å²) in [6.45, 7) is 6.23. The first-order valence-corrected chi connectivity index (χ1v) is 8.78. The molecule has 2 saturated heterocycles. The Morgan fingerprint density at radius 1 is 1.38 bits per heavy atom. The number of carbonyl (C=O) groups is 1.